The zero-order valence-electron chi connectivity index (χ0n) is 17.1. The second-order valence-corrected chi connectivity index (χ2v) is 7.02. The molecule has 2 aromatic heterocycles. The van der Waals surface area contributed by atoms with Crippen molar-refractivity contribution < 1.29 is 18.0 Å². The summed E-state index contributed by atoms with van der Waals surface area (Å²) in [7, 11) is 0. The highest BCUT2D eigenvalue weighted by Gasteiger charge is 2.35. The Labute approximate surface area is 185 Å². The summed E-state index contributed by atoms with van der Waals surface area (Å²) < 4.78 is 42.0. The first-order valence-corrected chi connectivity index (χ1v) is 9.64. The summed E-state index contributed by atoms with van der Waals surface area (Å²) in [5.41, 5.74) is 2.61. The minimum atomic E-state index is -4.77. The molecule has 0 aliphatic carbocycles. The first-order valence-electron chi connectivity index (χ1n) is 9.64. The number of alkyl halides is 3. The van der Waals surface area contributed by atoms with Crippen LogP contribution < -0.4 is 5.43 Å². The summed E-state index contributed by atoms with van der Waals surface area (Å²) in [4.78, 5) is 16.6. The lowest BCUT2D eigenvalue weighted by Gasteiger charge is -2.10. The van der Waals surface area contributed by atoms with Gasteiger partial charge in [0.25, 0.3) is 5.91 Å². The minimum absolute atomic E-state index is 0.0882. The van der Waals surface area contributed by atoms with Gasteiger partial charge in [-0.25, -0.2) is 15.1 Å². The van der Waals surface area contributed by atoms with Gasteiger partial charge in [0.15, 0.2) is 5.65 Å². The molecule has 0 unspecified atom stereocenters. The quantitative estimate of drug-likeness (QED) is 0.370. The summed E-state index contributed by atoms with van der Waals surface area (Å²) in [6.07, 6.45) is -3.45. The van der Waals surface area contributed by atoms with E-state index in [1.54, 1.807) is 61.5 Å². The number of nitriles is 1. The molecular weight excluding hydrogens is 433 g/mol. The van der Waals surface area contributed by atoms with Crippen LogP contribution in [0.3, 0.4) is 0 Å². The molecule has 33 heavy (non-hydrogen) atoms. The molecule has 0 radical (unpaired) electrons. The molecule has 0 spiro atoms. The third kappa shape index (κ3) is 4.43. The highest BCUT2D eigenvalue weighted by atomic mass is 19.4. The number of fused-ring (bicyclic) bond motifs is 1. The highest BCUT2D eigenvalue weighted by Crippen LogP contribution is 2.32. The van der Waals surface area contributed by atoms with E-state index in [0.717, 1.165) is 0 Å². The standard InChI is InChI=1S/C23H15F3N6O/c1-14-20-18(22(33)30-28-13-16-9-7-15(12-27)8-10-16)11-19(23(24,25)26)29-21(20)32(31-14)17-5-3-2-4-6-17/h2-11,13H,1H3,(H,30,33)/b28-13+. The van der Waals surface area contributed by atoms with Crippen LogP contribution in [-0.2, 0) is 6.18 Å². The van der Waals surface area contributed by atoms with Gasteiger partial charge in [-0.05, 0) is 42.8 Å². The largest absolute Gasteiger partial charge is 0.433 e. The third-order valence-electron chi connectivity index (χ3n) is 4.77. The van der Waals surface area contributed by atoms with E-state index < -0.39 is 17.8 Å². The Morgan fingerprint density at radius 1 is 1.15 bits per heavy atom. The van der Waals surface area contributed by atoms with Crippen LogP contribution in [-0.4, -0.2) is 26.9 Å². The average molecular weight is 448 g/mol. The summed E-state index contributed by atoms with van der Waals surface area (Å²) in [6, 6.07) is 17.6. The van der Waals surface area contributed by atoms with Gasteiger partial charge in [-0.1, -0.05) is 30.3 Å². The van der Waals surface area contributed by atoms with E-state index in [4.69, 9.17) is 5.26 Å². The Morgan fingerprint density at radius 2 is 1.85 bits per heavy atom. The molecular formula is C23H15F3N6O. The van der Waals surface area contributed by atoms with Gasteiger partial charge >= 0.3 is 6.18 Å². The number of aromatic nitrogens is 3. The fourth-order valence-corrected chi connectivity index (χ4v) is 3.23. The van der Waals surface area contributed by atoms with Crippen molar-refractivity contribution in [3.05, 3.63) is 88.7 Å². The zero-order chi connectivity index (χ0) is 23.6. The number of pyridine rings is 1. The number of carbonyl (C=O) groups is 1. The molecule has 164 valence electrons. The number of amides is 1. The van der Waals surface area contributed by atoms with Crippen LogP contribution in [0.2, 0.25) is 0 Å². The van der Waals surface area contributed by atoms with Gasteiger partial charge in [-0.2, -0.15) is 28.6 Å². The molecule has 1 amide bonds. The van der Waals surface area contributed by atoms with Crippen LogP contribution in [0.1, 0.15) is 32.9 Å². The van der Waals surface area contributed by atoms with Gasteiger partial charge in [0.05, 0.1) is 40.2 Å². The van der Waals surface area contributed by atoms with Crippen molar-refractivity contribution in [2.24, 2.45) is 5.10 Å². The molecule has 0 saturated heterocycles. The number of hydrogen-bond donors (Lipinski definition) is 1. The van der Waals surface area contributed by atoms with Crippen LogP contribution in [0.25, 0.3) is 16.7 Å². The van der Waals surface area contributed by atoms with E-state index in [9.17, 15) is 18.0 Å². The first-order chi connectivity index (χ1) is 15.8. The predicted molar refractivity (Wildman–Crippen MR) is 115 cm³/mol. The number of para-hydroxylation sites is 1. The Balaban J connectivity index is 1.75. The Hall–Kier alpha value is -4.52. The molecule has 4 rings (SSSR count). The number of aryl methyl sites for hydroxylation is 1. The van der Waals surface area contributed by atoms with Crippen LogP contribution in [0, 0.1) is 18.3 Å². The Morgan fingerprint density at radius 3 is 2.48 bits per heavy atom. The smallest absolute Gasteiger partial charge is 0.267 e. The predicted octanol–water partition coefficient (Wildman–Crippen LogP) is 4.38. The molecule has 0 atom stereocenters. The number of nitrogens with zero attached hydrogens (tertiary/aromatic N) is 5. The van der Waals surface area contributed by atoms with Gasteiger partial charge in [0, 0.05) is 0 Å². The summed E-state index contributed by atoms with van der Waals surface area (Å²) in [5.74, 6) is -0.839. The lowest BCUT2D eigenvalue weighted by Crippen LogP contribution is -2.20. The van der Waals surface area contributed by atoms with Crippen molar-refractivity contribution >= 4 is 23.2 Å². The topological polar surface area (TPSA) is 96.0 Å². The van der Waals surface area contributed by atoms with Gasteiger partial charge in [-0.3, -0.25) is 4.79 Å². The molecule has 4 aromatic rings. The van der Waals surface area contributed by atoms with Crippen molar-refractivity contribution in [1.29, 1.82) is 5.26 Å². The number of benzene rings is 2. The van der Waals surface area contributed by atoms with E-state index in [0.29, 0.717) is 28.6 Å². The average Bonchev–Trinajstić information content (AvgIpc) is 3.15. The summed E-state index contributed by atoms with van der Waals surface area (Å²) >= 11 is 0. The maximum absolute atomic E-state index is 13.6. The van der Waals surface area contributed by atoms with Gasteiger partial charge < -0.3 is 0 Å². The normalized spacial score (nSPS) is 11.6. The molecule has 0 aliphatic rings. The molecule has 0 aliphatic heterocycles. The van der Waals surface area contributed by atoms with Crippen LogP contribution >= 0.6 is 0 Å². The minimum Gasteiger partial charge on any atom is -0.267 e. The number of hydrogen-bond acceptors (Lipinski definition) is 5. The molecule has 2 heterocycles. The monoisotopic (exact) mass is 448 g/mol. The number of nitrogens with one attached hydrogen (secondary N) is 1. The Kier molecular flexibility index (Phi) is 5.62. The maximum Gasteiger partial charge on any atom is 0.433 e. The van der Waals surface area contributed by atoms with Crippen molar-refractivity contribution in [2.45, 2.75) is 13.1 Å². The number of carbonyl (C=O) groups excluding carboxylic acids is 1. The first kappa shape index (κ1) is 21.7. The van der Waals surface area contributed by atoms with E-state index in [-0.39, 0.29) is 16.6 Å². The van der Waals surface area contributed by atoms with Crippen LogP contribution in [0.15, 0.2) is 65.8 Å². The van der Waals surface area contributed by atoms with Crippen molar-refractivity contribution in [1.82, 2.24) is 20.2 Å². The lowest BCUT2D eigenvalue weighted by atomic mass is 10.1. The fraction of sp³-hybridized carbons (Fsp3) is 0.0870. The van der Waals surface area contributed by atoms with Crippen LogP contribution in [0.4, 0.5) is 13.2 Å². The molecule has 2 aromatic carbocycles. The summed E-state index contributed by atoms with van der Waals surface area (Å²) in [5, 5.41) is 17.2. The summed E-state index contributed by atoms with van der Waals surface area (Å²) in [6.45, 7) is 1.59. The van der Waals surface area contributed by atoms with E-state index in [1.165, 1.54) is 10.9 Å². The third-order valence-corrected chi connectivity index (χ3v) is 4.77. The molecule has 1 N–H and O–H groups in total. The van der Waals surface area contributed by atoms with E-state index >= 15 is 0 Å². The molecule has 0 saturated carbocycles. The number of rotatable bonds is 4. The lowest BCUT2D eigenvalue weighted by molar-refractivity contribution is -0.141. The van der Waals surface area contributed by atoms with Crippen molar-refractivity contribution in [2.75, 3.05) is 0 Å². The molecule has 7 nitrogen and oxygen atoms in total. The maximum atomic E-state index is 13.6. The van der Waals surface area contributed by atoms with Crippen molar-refractivity contribution in [3.63, 3.8) is 0 Å². The molecule has 0 fully saturated rings. The fourth-order valence-electron chi connectivity index (χ4n) is 3.23. The molecule has 10 heteroatoms. The van der Waals surface area contributed by atoms with Gasteiger partial charge in [0.1, 0.15) is 5.69 Å². The zero-order valence-corrected chi connectivity index (χ0v) is 17.1. The second-order valence-electron chi connectivity index (χ2n) is 7.02. The van der Waals surface area contributed by atoms with Gasteiger partial charge in [0.2, 0.25) is 0 Å². The molecule has 0 bridgehead atoms. The van der Waals surface area contributed by atoms with Crippen LogP contribution in [0.5, 0.6) is 0 Å². The second kappa shape index (κ2) is 8.55. The number of halogens is 3. The van der Waals surface area contributed by atoms with E-state index in [1.807, 2.05) is 6.07 Å². The Bertz CT molecular complexity index is 1400. The SMILES string of the molecule is Cc1nn(-c2ccccc2)c2nc(C(F)(F)F)cc(C(=O)N/N=C/c3ccc(C#N)cc3)c12. The van der Waals surface area contributed by atoms with Crippen molar-refractivity contribution in [3.8, 4) is 11.8 Å². The highest BCUT2D eigenvalue weighted by molar-refractivity contribution is 6.07. The van der Waals surface area contributed by atoms with E-state index in [2.05, 4.69) is 20.6 Å². The number of hydrazone groups is 1. The van der Waals surface area contributed by atoms with Gasteiger partial charge in [-0.15, -0.1) is 0 Å².